The Morgan fingerprint density at radius 3 is 2.62 bits per heavy atom. The quantitative estimate of drug-likeness (QED) is 0.458. The summed E-state index contributed by atoms with van der Waals surface area (Å²) >= 11 is 0. The van der Waals surface area contributed by atoms with E-state index in [0.717, 1.165) is 13.0 Å². The lowest BCUT2D eigenvalue weighted by atomic mass is 10.1. The lowest BCUT2D eigenvalue weighted by Crippen LogP contribution is -2.35. The fraction of sp³-hybridized carbons (Fsp3) is 0.478. The molecular weight excluding hydrogens is 505 g/mol. The third-order valence-electron chi connectivity index (χ3n) is 5.82. The fourth-order valence-electron chi connectivity index (χ4n) is 3.97. The number of anilines is 1. The molecule has 1 aliphatic rings. The third kappa shape index (κ3) is 5.73. The number of halogens is 5. The first kappa shape index (κ1) is 26.5. The number of ether oxygens (including phenoxy) is 2. The number of alkyl halides is 5. The van der Waals surface area contributed by atoms with Crippen molar-refractivity contribution in [3.63, 3.8) is 0 Å². The highest BCUT2D eigenvalue weighted by molar-refractivity contribution is 5.98. The molecule has 0 unspecified atom stereocenters. The highest BCUT2D eigenvalue weighted by Crippen LogP contribution is 2.36. The molecule has 0 bridgehead atoms. The molecule has 37 heavy (non-hydrogen) atoms. The standard InChI is InChI=1S/C23H24F5N5O4/c1-12(23(26,27)28)33-21(35)19(37-11-22(3,24)25)7-17(31-33)16-9-32(14-4-5-36-10-14)18-8-29-20(6-15(16)18)30-13(2)34/h6-9,12,14H,4-5,10-11H2,1-3H3,(H,29,30,34)/t12-,14+/m0/s1. The number of amides is 1. The Balaban J connectivity index is 1.94. The predicted molar refractivity (Wildman–Crippen MR) is 123 cm³/mol. The van der Waals surface area contributed by atoms with Crippen LogP contribution < -0.4 is 15.6 Å². The average molecular weight is 529 g/mol. The first-order valence-electron chi connectivity index (χ1n) is 11.3. The van der Waals surface area contributed by atoms with E-state index in [1.165, 1.54) is 19.2 Å². The van der Waals surface area contributed by atoms with Gasteiger partial charge in [-0.2, -0.15) is 18.3 Å². The van der Waals surface area contributed by atoms with Gasteiger partial charge in [0.2, 0.25) is 5.91 Å². The molecule has 0 aromatic carbocycles. The largest absolute Gasteiger partial charge is 0.481 e. The minimum atomic E-state index is -4.85. The van der Waals surface area contributed by atoms with Crippen LogP contribution in [0.4, 0.5) is 27.8 Å². The van der Waals surface area contributed by atoms with Gasteiger partial charge in [-0.25, -0.2) is 18.4 Å². The summed E-state index contributed by atoms with van der Waals surface area (Å²) < 4.78 is 80.1. The Morgan fingerprint density at radius 2 is 2.03 bits per heavy atom. The molecule has 1 fully saturated rings. The molecule has 200 valence electrons. The molecule has 0 radical (unpaired) electrons. The lowest BCUT2D eigenvalue weighted by molar-refractivity contribution is -0.166. The van der Waals surface area contributed by atoms with Crippen LogP contribution in [0.15, 0.2) is 29.3 Å². The number of hydrogen-bond donors (Lipinski definition) is 1. The van der Waals surface area contributed by atoms with Gasteiger partial charge in [0.05, 0.1) is 30.1 Å². The lowest BCUT2D eigenvalue weighted by Gasteiger charge is -2.19. The van der Waals surface area contributed by atoms with Crippen LogP contribution in [-0.2, 0) is 9.53 Å². The Kier molecular flexibility index (Phi) is 6.97. The molecule has 1 aliphatic heterocycles. The van der Waals surface area contributed by atoms with Crippen LogP contribution in [0.5, 0.6) is 5.75 Å². The number of nitrogens with one attached hydrogen (secondary N) is 1. The van der Waals surface area contributed by atoms with Gasteiger partial charge in [-0.05, 0) is 19.4 Å². The van der Waals surface area contributed by atoms with E-state index in [0.29, 0.717) is 37.5 Å². The molecule has 3 aromatic rings. The topological polar surface area (TPSA) is 100 Å². The second kappa shape index (κ2) is 9.72. The first-order chi connectivity index (χ1) is 17.2. The van der Waals surface area contributed by atoms with Gasteiger partial charge in [-0.3, -0.25) is 9.59 Å². The van der Waals surface area contributed by atoms with Gasteiger partial charge in [-0.15, -0.1) is 0 Å². The molecule has 1 N–H and O–H groups in total. The second-order valence-electron chi connectivity index (χ2n) is 8.96. The molecule has 0 saturated carbocycles. The van der Waals surface area contributed by atoms with E-state index in [9.17, 15) is 31.5 Å². The summed E-state index contributed by atoms with van der Waals surface area (Å²) in [4.78, 5) is 28.5. The second-order valence-corrected chi connectivity index (χ2v) is 8.96. The van der Waals surface area contributed by atoms with Crippen LogP contribution >= 0.6 is 0 Å². The molecule has 4 heterocycles. The van der Waals surface area contributed by atoms with Crippen LogP contribution in [0.25, 0.3) is 22.2 Å². The molecule has 0 aliphatic carbocycles. The Morgan fingerprint density at radius 1 is 1.30 bits per heavy atom. The van der Waals surface area contributed by atoms with Crippen molar-refractivity contribution in [2.45, 2.75) is 51.4 Å². The number of pyridine rings is 1. The van der Waals surface area contributed by atoms with Crippen LogP contribution in [0.2, 0.25) is 0 Å². The summed E-state index contributed by atoms with van der Waals surface area (Å²) in [5.74, 6) is -4.25. The van der Waals surface area contributed by atoms with Crippen molar-refractivity contribution in [3.8, 4) is 17.0 Å². The van der Waals surface area contributed by atoms with Gasteiger partial charge in [0, 0.05) is 43.7 Å². The normalized spacial score (nSPS) is 17.2. The number of hydrogen-bond acceptors (Lipinski definition) is 6. The van der Waals surface area contributed by atoms with E-state index >= 15 is 0 Å². The Bertz CT molecular complexity index is 1370. The van der Waals surface area contributed by atoms with Crippen LogP contribution in [-0.4, -0.2) is 57.2 Å². The monoisotopic (exact) mass is 529 g/mol. The van der Waals surface area contributed by atoms with Gasteiger partial charge in [0.25, 0.3) is 5.92 Å². The minimum Gasteiger partial charge on any atom is -0.481 e. The van der Waals surface area contributed by atoms with E-state index in [-0.39, 0.29) is 33.7 Å². The highest BCUT2D eigenvalue weighted by atomic mass is 19.4. The maximum Gasteiger partial charge on any atom is 0.410 e. The molecule has 2 atom stereocenters. The highest BCUT2D eigenvalue weighted by Gasteiger charge is 2.40. The van der Waals surface area contributed by atoms with Crippen molar-refractivity contribution in [2.75, 3.05) is 25.1 Å². The maximum absolute atomic E-state index is 13.6. The zero-order valence-corrected chi connectivity index (χ0v) is 20.1. The summed E-state index contributed by atoms with van der Waals surface area (Å²) in [6, 6.07) is 0.0802. The van der Waals surface area contributed by atoms with Crippen molar-refractivity contribution < 1.29 is 36.2 Å². The number of carbonyl (C=O) groups excluding carboxylic acids is 1. The van der Waals surface area contributed by atoms with E-state index in [2.05, 4.69) is 15.4 Å². The summed E-state index contributed by atoms with van der Waals surface area (Å²) in [5, 5.41) is 6.96. The number of carbonyl (C=O) groups is 1. The summed E-state index contributed by atoms with van der Waals surface area (Å²) in [7, 11) is 0. The molecule has 0 spiro atoms. The first-order valence-corrected chi connectivity index (χ1v) is 11.3. The summed E-state index contributed by atoms with van der Waals surface area (Å²) in [5.41, 5.74) is -0.558. The van der Waals surface area contributed by atoms with Crippen molar-refractivity contribution in [2.24, 2.45) is 0 Å². The van der Waals surface area contributed by atoms with Gasteiger partial charge in [0.1, 0.15) is 11.9 Å². The Hall–Kier alpha value is -3.55. The zero-order valence-electron chi connectivity index (χ0n) is 20.1. The number of aromatic nitrogens is 4. The number of rotatable bonds is 7. The van der Waals surface area contributed by atoms with E-state index in [1.54, 1.807) is 6.20 Å². The SMILES string of the molecule is CC(=O)Nc1cc2c(-c3cc(OCC(C)(F)F)c(=O)n([C@@H](C)C(F)(F)F)n3)cn([C@@H]3CCOC3)c2cn1. The molecule has 1 saturated heterocycles. The van der Waals surface area contributed by atoms with Gasteiger partial charge in [0.15, 0.2) is 12.4 Å². The number of nitrogens with zero attached hydrogens (tertiary/aromatic N) is 4. The Labute approximate surface area is 207 Å². The third-order valence-corrected chi connectivity index (χ3v) is 5.82. The van der Waals surface area contributed by atoms with E-state index < -0.39 is 36.1 Å². The summed E-state index contributed by atoms with van der Waals surface area (Å²) in [6.45, 7) is 2.25. The molecule has 4 rings (SSSR count). The minimum absolute atomic E-state index is 0.112. The average Bonchev–Trinajstić information content (AvgIpc) is 3.44. The summed E-state index contributed by atoms with van der Waals surface area (Å²) in [6.07, 6.45) is -1.07. The van der Waals surface area contributed by atoms with E-state index in [4.69, 9.17) is 9.47 Å². The number of fused-ring (bicyclic) bond motifs is 1. The molecule has 9 nitrogen and oxygen atoms in total. The van der Waals surface area contributed by atoms with Crippen molar-refractivity contribution in [1.82, 2.24) is 19.3 Å². The van der Waals surface area contributed by atoms with Crippen LogP contribution in [0.3, 0.4) is 0 Å². The van der Waals surface area contributed by atoms with Gasteiger partial charge >= 0.3 is 11.7 Å². The smallest absolute Gasteiger partial charge is 0.410 e. The molecule has 14 heteroatoms. The van der Waals surface area contributed by atoms with Crippen molar-refractivity contribution in [3.05, 3.63) is 34.9 Å². The zero-order chi connectivity index (χ0) is 27.1. The molecule has 3 aromatic heterocycles. The predicted octanol–water partition coefficient (Wildman–Crippen LogP) is 4.34. The molecule has 1 amide bonds. The molecular formula is C23H24F5N5O4. The fourth-order valence-corrected chi connectivity index (χ4v) is 3.97. The van der Waals surface area contributed by atoms with E-state index in [1.807, 2.05) is 4.57 Å². The van der Waals surface area contributed by atoms with Crippen molar-refractivity contribution in [1.29, 1.82) is 0 Å². The van der Waals surface area contributed by atoms with Crippen LogP contribution in [0, 0.1) is 0 Å². The van der Waals surface area contributed by atoms with Crippen LogP contribution in [0.1, 0.15) is 39.3 Å². The van der Waals surface area contributed by atoms with Gasteiger partial charge < -0.3 is 19.4 Å². The van der Waals surface area contributed by atoms with Crippen molar-refractivity contribution >= 4 is 22.6 Å². The maximum atomic E-state index is 13.6. The van der Waals surface area contributed by atoms with Gasteiger partial charge in [-0.1, -0.05) is 0 Å².